The van der Waals surface area contributed by atoms with Crippen LogP contribution in [0.15, 0.2) is 36.4 Å². The molecule has 0 saturated carbocycles. The topological polar surface area (TPSA) is 98.3 Å². The molecule has 1 aliphatic rings. The third kappa shape index (κ3) is 3.81. The first-order valence-electron chi connectivity index (χ1n) is 9.82. The SMILES string of the molecule is Cc1cc(C(=O)N[C@@H](C)c2nc3cc(O)ccc3[nH]2)ccc1C(=O)N1CCCC1. The number of nitrogens with one attached hydrogen (secondary N) is 2. The lowest BCUT2D eigenvalue weighted by atomic mass is 10.0. The maximum atomic E-state index is 12.7. The Morgan fingerprint density at radius 3 is 2.66 bits per heavy atom. The predicted octanol–water partition coefficient (Wildman–Crippen LogP) is 3.30. The van der Waals surface area contributed by atoms with Gasteiger partial charge in [-0.05, 0) is 62.6 Å². The second-order valence-electron chi connectivity index (χ2n) is 7.55. The van der Waals surface area contributed by atoms with Crippen molar-refractivity contribution < 1.29 is 14.7 Å². The minimum Gasteiger partial charge on any atom is -0.508 e. The fourth-order valence-electron chi connectivity index (χ4n) is 3.70. The molecule has 0 unspecified atom stereocenters. The molecule has 0 bridgehead atoms. The van der Waals surface area contributed by atoms with Gasteiger partial charge in [0.2, 0.25) is 0 Å². The van der Waals surface area contributed by atoms with E-state index < -0.39 is 0 Å². The molecule has 3 aromatic rings. The van der Waals surface area contributed by atoms with Crippen LogP contribution in [0.3, 0.4) is 0 Å². The van der Waals surface area contributed by atoms with Crippen LogP contribution < -0.4 is 5.32 Å². The monoisotopic (exact) mass is 392 g/mol. The lowest BCUT2D eigenvalue weighted by Gasteiger charge is -2.17. The van der Waals surface area contributed by atoms with Gasteiger partial charge >= 0.3 is 0 Å². The van der Waals surface area contributed by atoms with Gasteiger partial charge in [0.1, 0.15) is 11.6 Å². The number of imidazole rings is 1. The molecule has 29 heavy (non-hydrogen) atoms. The van der Waals surface area contributed by atoms with Gasteiger partial charge in [0.25, 0.3) is 11.8 Å². The molecule has 1 aromatic heterocycles. The summed E-state index contributed by atoms with van der Waals surface area (Å²) in [7, 11) is 0. The molecule has 0 aliphatic carbocycles. The van der Waals surface area contributed by atoms with Crippen LogP contribution in [0.1, 0.15) is 57.9 Å². The van der Waals surface area contributed by atoms with E-state index in [0.717, 1.165) is 37.0 Å². The number of phenolic OH excluding ortho intramolecular Hbond substituents is 1. The molecule has 2 heterocycles. The van der Waals surface area contributed by atoms with Gasteiger partial charge < -0.3 is 20.3 Å². The summed E-state index contributed by atoms with van der Waals surface area (Å²) in [5, 5.41) is 12.5. The van der Waals surface area contributed by atoms with Gasteiger partial charge in [-0.3, -0.25) is 9.59 Å². The van der Waals surface area contributed by atoms with Crippen LogP contribution in [0.4, 0.5) is 0 Å². The molecule has 1 aliphatic heterocycles. The summed E-state index contributed by atoms with van der Waals surface area (Å²) in [6.45, 7) is 5.30. The standard InChI is InChI=1S/C22H24N4O3/c1-13-11-15(5-7-17(13)22(29)26-9-3-4-10-26)21(28)23-14(2)20-24-18-8-6-16(27)12-19(18)25-20/h5-8,11-12,14,27H,3-4,9-10H2,1-2H3,(H,23,28)(H,24,25)/t14-/m0/s1. The van der Waals surface area contributed by atoms with E-state index >= 15 is 0 Å². The Bertz CT molecular complexity index is 1080. The molecule has 4 rings (SSSR count). The normalized spacial score (nSPS) is 14.9. The van der Waals surface area contributed by atoms with Gasteiger partial charge in [0.05, 0.1) is 17.1 Å². The molecule has 1 atom stereocenters. The van der Waals surface area contributed by atoms with Gasteiger partial charge in [-0.2, -0.15) is 0 Å². The Hall–Kier alpha value is -3.35. The predicted molar refractivity (Wildman–Crippen MR) is 110 cm³/mol. The number of carbonyl (C=O) groups excluding carboxylic acids is 2. The van der Waals surface area contributed by atoms with Gasteiger partial charge in [-0.15, -0.1) is 0 Å². The summed E-state index contributed by atoms with van der Waals surface area (Å²) >= 11 is 0. The van der Waals surface area contributed by atoms with Gasteiger partial charge in [0, 0.05) is 30.3 Å². The number of H-pyrrole nitrogens is 1. The molecule has 1 fully saturated rings. The summed E-state index contributed by atoms with van der Waals surface area (Å²) in [4.78, 5) is 34.8. The Kier molecular flexibility index (Phi) is 4.96. The van der Waals surface area contributed by atoms with Gasteiger partial charge in [-0.25, -0.2) is 4.98 Å². The van der Waals surface area contributed by atoms with Crippen LogP contribution in [-0.2, 0) is 0 Å². The Balaban J connectivity index is 1.48. The number of aromatic amines is 1. The van der Waals surface area contributed by atoms with E-state index in [2.05, 4.69) is 15.3 Å². The van der Waals surface area contributed by atoms with Crippen molar-refractivity contribution >= 4 is 22.8 Å². The zero-order valence-electron chi connectivity index (χ0n) is 16.5. The Morgan fingerprint density at radius 1 is 1.17 bits per heavy atom. The zero-order valence-corrected chi connectivity index (χ0v) is 16.5. The first kappa shape index (κ1) is 19.0. The fraction of sp³-hybridized carbons (Fsp3) is 0.318. The molecular formula is C22H24N4O3. The summed E-state index contributed by atoms with van der Waals surface area (Å²) in [6.07, 6.45) is 2.09. The molecule has 0 radical (unpaired) electrons. The van der Waals surface area contributed by atoms with E-state index in [4.69, 9.17) is 0 Å². The summed E-state index contributed by atoms with van der Waals surface area (Å²) in [5.74, 6) is 0.553. The molecule has 7 nitrogen and oxygen atoms in total. The second kappa shape index (κ2) is 7.58. The van der Waals surface area contributed by atoms with E-state index in [9.17, 15) is 14.7 Å². The number of nitrogens with zero attached hydrogens (tertiary/aromatic N) is 2. The maximum Gasteiger partial charge on any atom is 0.254 e. The van der Waals surface area contributed by atoms with Crippen molar-refractivity contribution in [2.45, 2.75) is 32.7 Å². The fourth-order valence-corrected chi connectivity index (χ4v) is 3.70. The third-order valence-corrected chi connectivity index (χ3v) is 5.35. The van der Waals surface area contributed by atoms with Gasteiger partial charge in [0.15, 0.2) is 0 Å². The van der Waals surface area contributed by atoms with Crippen molar-refractivity contribution in [2.75, 3.05) is 13.1 Å². The number of rotatable bonds is 4. The minimum absolute atomic E-state index is 0.0332. The summed E-state index contributed by atoms with van der Waals surface area (Å²) in [6, 6.07) is 9.74. The molecule has 0 spiro atoms. The van der Waals surface area contributed by atoms with E-state index in [1.54, 1.807) is 36.4 Å². The quantitative estimate of drug-likeness (QED) is 0.634. The van der Waals surface area contributed by atoms with E-state index in [0.29, 0.717) is 22.5 Å². The number of likely N-dealkylation sites (tertiary alicyclic amines) is 1. The van der Waals surface area contributed by atoms with Crippen LogP contribution in [0, 0.1) is 6.92 Å². The zero-order chi connectivity index (χ0) is 20.5. The number of fused-ring (bicyclic) bond motifs is 1. The van der Waals surface area contributed by atoms with E-state index in [1.807, 2.05) is 18.7 Å². The smallest absolute Gasteiger partial charge is 0.254 e. The first-order chi connectivity index (χ1) is 13.9. The van der Waals surface area contributed by atoms with Crippen molar-refractivity contribution in [3.05, 3.63) is 58.9 Å². The highest BCUT2D eigenvalue weighted by Crippen LogP contribution is 2.21. The number of aryl methyl sites for hydroxylation is 1. The lowest BCUT2D eigenvalue weighted by Crippen LogP contribution is -2.29. The Labute approximate surface area is 168 Å². The highest BCUT2D eigenvalue weighted by molar-refractivity contribution is 5.99. The number of hydrogen-bond acceptors (Lipinski definition) is 4. The number of hydrogen-bond donors (Lipinski definition) is 3. The molecule has 3 N–H and O–H groups in total. The van der Waals surface area contributed by atoms with Crippen LogP contribution >= 0.6 is 0 Å². The average molecular weight is 392 g/mol. The molecule has 150 valence electrons. The number of amides is 2. The van der Waals surface area contributed by atoms with Crippen LogP contribution in [0.5, 0.6) is 5.75 Å². The lowest BCUT2D eigenvalue weighted by molar-refractivity contribution is 0.0791. The average Bonchev–Trinajstić information content (AvgIpc) is 3.36. The van der Waals surface area contributed by atoms with E-state index in [-0.39, 0.29) is 23.6 Å². The van der Waals surface area contributed by atoms with Crippen LogP contribution in [0.25, 0.3) is 11.0 Å². The van der Waals surface area contributed by atoms with Crippen molar-refractivity contribution in [2.24, 2.45) is 0 Å². The van der Waals surface area contributed by atoms with E-state index in [1.165, 1.54) is 0 Å². The Morgan fingerprint density at radius 2 is 1.93 bits per heavy atom. The number of phenols is 1. The van der Waals surface area contributed by atoms with Crippen molar-refractivity contribution in [1.82, 2.24) is 20.2 Å². The number of benzene rings is 2. The van der Waals surface area contributed by atoms with Crippen molar-refractivity contribution in [1.29, 1.82) is 0 Å². The molecule has 7 heteroatoms. The minimum atomic E-state index is -0.344. The first-order valence-corrected chi connectivity index (χ1v) is 9.82. The number of aromatic hydroxyl groups is 1. The molecule has 2 aromatic carbocycles. The highest BCUT2D eigenvalue weighted by atomic mass is 16.3. The van der Waals surface area contributed by atoms with Crippen molar-refractivity contribution in [3.8, 4) is 5.75 Å². The van der Waals surface area contributed by atoms with Crippen LogP contribution in [0.2, 0.25) is 0 Å². The summed E-state index contributed by atoms with van der Waals surface area (Å²) < 4.78 is 0. The second-order valence-corrected chi connectivity index (χ2v) is 7.55. The highest BCUT2D eigenvalue weighted by Gasteiger charge is 2.22. The third-order valence-electron chi connectivity index (χ3n) is 5.35. The summed E-state index contributed by atoms with van der Waals surface area (Å²) in [5.41, 5.74) is 3.37. The molecule has 1 saturated heterocycles. The largest absolute Gasteiger partial charge is 0.508 e. The maximum absolute atomic E-state index is 12.7. The van der Waals surface area contributed by atoms with Crippen molar-refractivity contribution in [3.63, 3.8) is 0 Å². The number of carbonyl (C=O) groups is 2. The molecule has 2 amide bonds. The van der Waals surface area contributed by atoms with Gasteiger partial charge in [-0.1, -0.05) is 0 Å². The number of aromatic nitrogens is 2. The van der Waals surface area contributed by atoms with Crippen LogP contribution in [-0.4, -0.2) is 44.9 Å². The molecular weight excluding hydrogens is 368 g/mol.